The quantitative estimate of drug-likeness (QED) is 0.905. The first-order valence-corrected chi connectivity index (χ1v) is 8.93. The Morgan fingerprint density at radius 3 is 2.77 bits per heavy atom. The van der Waals surface area contributed by atoms with Crippen LogP contribution in [-0.4, -0.2) is 52.3 Å². The van der Waals surface area contributed by atoms with Crippen LogP contribution >= 0.6 is 0 Å². The summed E-state index contributed by atoms with van der Waals surface area (Å²) in [5, 5.41) is 7.55. The number of nitrogens with one attached hydrogen (secondary N) is 1. The molecule has 0 unspecified atom stereocenters. The first kappa shape index (κ1) is 18.4. The van der Waals surface area contributed by atoms with Crippen molar-refractivity contribution in [2.24, 2.45) is 7.05 Å². The molecule has 0 saturated carbocycles. The van der Waals surface area contributed by atoms with Gasteiger partial charge in [0.15, 0.2) is 0 Å². The van der Waals surface area contributed by atoms with Gasteiger partial charge in [0.25, 0.3) is 0 Å². The van der Waals surface area contributed by atoms with Gasteiger partial charge >= 0.3 is 0 Å². The second kappa shape index (κ2) is 7.45. The van der Waals surface area contributed by atoms with E-state index >= 15 is 0 Å². The summed E-state index contributed by atoms with van der Waals surface area (Å²) in [5.41, 5.74) is 5.77. The molecule has 3 rings (SSSR count). The zero-order valence-electron chi connectivity index (χ0n) is 16.2. The van der Waals surface area contributed by atoms with Gasteiger partial charge in [0.05, 0.1) is 31.0 Å². The molecule has 0 aromatic carbocycles. The summed E-state index contributed by atoms with van der Waals surface area (Å²) in [6.07, 6.45) is 0.178. The number of carbonyl (C=O) groups excluding carboxylic acids is 1. The smallest absolute Gasteiger partial charge is 0.227 e. The van der Waals surface area contributed by atoms with Gasteiger partial charge in [0, 0.05) is 43.3 Å². The van der Waals surface area contributed by atoms with E-state index < -0.39 is 0 Å². The van der Waals surface area contributed by atoms with Crippen molar-refractivity contribution in [3.8, 4) is 0 Å². The fourth-order valence-electron chi connectivity index (χ4n) is 3.39. The highest BCUT2D eigenvalue weighted by Crippen LogP contribution is 2.24. The van der Waals surface area contributed by atoms with Crippen LogP contribution < -0.4 is 5.32 Å². The first-order chi connectivity index (χ1) is 12.4. The summed E-state index contributed by atoms with van der Waals surface area (Å²) < 4.78 is 7.73. The summed E-state index contributed by atoms with van der Waals surface area (Å²) >= 11 is 0. The molecule has 140 valence electrons. The lowest BCUT2D eigenvalue weighted by Crippen LogP contribution is -2.43. The number of carbonyl (C=O) groups is 1. The molecule has 0 bridgehead atoms. The molecule has 3 heterocycles. The van der Waals surface area contributed by atoms with Crippen molar-refractivity contribution in [1.82, 2.24) is 19.7 Å². The Morgan fingerprint density at radius 2 is 2.12 bits per heavy atom. The number of pyridine rings is 1. The summed E-state index contributed by atoms with van der Waals surface area (Å²) in [4.78, 5) is 19.3. The molecule has 0 radical (unpaired) electrons. The molecule has 26 heavy (non-hydrogen) atoms. The highest BCUT2D eigenvalue weighted by atomic mass is 16.5. The van der Waals surface area contributed by atoms with E-state index in [-0.39, 0.29) is 12.0 Å². The molecule has 1 aliphatic heterocycles. The lowest BCUT2D eigenvalue weighted by Gasteiger charge is -2.33. The summed E-state index contributed by atoms with van der Waals surface area (Å²) in [5.74, 6) is 0.110. The minimum Gasteiger partial charge on any atom is -0.388 e. The third-order valence-corrected chi connectivity index (χ3v) is 5.00. The number of morpholine rings is 1. The molecule has 0 spiro atoms. The van der Waals surface area contributed by atoms with E-state index in [2.05, 4.69) is 15.4 Å². The maximum Gasteiger partial charge on any atom is 0.227 e. The zero-order valence-corrected chi connectivity index (χ0v) is 16.2. The normalized spacial score (nSPS) is 17.4. The van der Waals surface area contributed by atoms with Crippen molar-refractivity contribution in [2.45, 2.75) is 33.3 Å². The number of aryl methyl sites for hydroxylation is 3. The highest BCUT2D eigenvalue weighted by Gasteiger charge is 2.27. The number of rotatable bonds is 4. The molecule has 2 aromatic rings. The standard InChI is InChI=1S/C19H27N5O2/c1-12-8-15(20-4)9-17(21-12)18-11-24(6-7-26-18)19(25)10-16-13(2)22-23(5)14(16)3/h8-9,18H,6-7,10-11H2,1-5H3,(H,20,21)/t18-/m0/s1. The van der Waals surface area contributed by atoms with Crippen LogP contribution in [0.2, 0.25) is 0 Å². The summed E-state index contributed by atoms with van der Waals surface area (Å²) in [6, 6.07) is 3.98. The van der Waals surface area contributed by atoms with Gasteiger partial charge < -0.3 is 15.0 Å². The van der Waals surface area contributed by atoms with Gasteiger partial charge in [-0.3, -0.25) is 14.5 Å². The second-order valence-corrected chi connectivity index (χ2v) is 6.82. The van der Waals surface area contributed by atoms with Gasteiger partial charge in [-0.25, -0.2) is 0 Å². The average molecular weight is 357 g/mol. The predicted octanol–water partition coefficient (Wildman–Crippen LogP) is 1.92. The summed E-state index contributed by atoms with van der Waals surface area (Å²) in [7, 11) is 3.79. The van der Waals surface area contributed by atoms with Gasteiger partial charge in [-0.05, 0) is 32.9 Å². The average Bonchev–Trinajstić information content (AvgIpc) is 2.87. The molecule has 1 fully saturated rings. The van der Waals surface area contributed by atoms with Crippen LogP contribution in [0.25, 0.3) is 0 Å². The van der Waals surface area contributed by atoms with E-state index in [9.17, 15) is 4.79 Å². The van der Waals surface area contributed by atoms with Crippen molar-refractivity contribution < 1.29 is 9.53 Å². The Hall–Kier alpha value is -2.41. The Balaban J connectivity index is 1.74. The monoisotopic (exact) mass is 357 g/mol. The van der Waals surface area contributed by atoms with E-state index in [4.69, 9.17) is 4.74 Å². The molecular weight excluding hydrogens is 330 g/mol. The molecule has 7 heteroatoms. The maximum atomic E-state index is 12.8. The third kappa shape index (κ3) is 3.72. The van der Waals surface area contributed by atoms with E-state index in [0.717, 1.165) is 34.0 Å². The van der Waals surface area contributed by atoms with E-state index in [1.54, 1.807) is 0 Å². The van der Waals surface area contributed by atoms with Gasteiger partial charge in [-0.15, -0.1) is 0 Å². The Labute approximate surface area is 154 Å². The number of anilines is 1. The van der Waals surface area contributed by atoms with Crippen molar-refractivity contribution in [3.63, 3.8) is 0 Å². The van der Waals surface area contributed by atoms with Crippen molar-refractivity contribution >= 4 is 11.6 Å². The number of nitrogens with zero attached hydrogens (tertiary/aromatic N) is 4. The van der Waals surface area contributed by atoms with Crippen molar-refractivity contribution in [3.05, 3.63) is 40.5 Å². The van der Waals surface area contributed by atoms with Crippen LogP contribution in [0.15, 0.2) is 12.1 Å². The van der Waals surface area contributed by atoms with Gasteiger partial charge in [-0.2, -0.15) is 5.10 Å². The topological polar surface area (TPSA) is 72.3 Å². The van der Waals surface area contributed by atoms with E-state index in [1.165, 1.54) is 0 Å². The lowest BCUT2D eigenvalue weighted by molar-refractivity contribution is -0.138. The maximum absolute atomic E-state index is 12.8. The van der Waals surface area contributed by atoms with Crippen LogP contribution in [0.3, 0.4) is 0 Å². The van der Waals surface area contributed by atoms with Crippen LogP contribution in [0.5, 0.6) is 0 Å². The predicted molar refractivity (Wildman–Crippen MR) is 100 cm³/mol. The minimum absolute atomic E-state index is 0.110. The molecule has 1 aliphatic rings. The summed E-state index contributed by atoms with van der Waals surface area (Å²) in [6.45, 7) is 7.57. The zero-order chi connectivity index (χ0) is 18.8. The van der Waals surface area contributed by atoms with E-state index in [0.29, 0.717) is 26.1 Å². The van der Waals surface area contributed by atoms with Crippen LogP contribution in [0, 0.1) is 20.8 Å². The molecule has 1 atom stereocenters. The molecule has 1 saturated heterocycles. The molecule has 1 N–H and O–H groups in total. The minimum atomic E-state index is -0.198. The van der Waals surface area contributed by atoms with Crippen LogP contribution in [0.4, 0.5) is 5.69 Å². The Kier molecular flexibility index (Phi) is 5.27. The lowest BCUT2D eigenvalue weighted by atomic mass is 10.1. The molecular formula is C19H27N5O2. The second-order valence-electron chi connectivity index (χ2n) is 6.82. The van der Waals surface area contributed by atoms with Gasteiger partial charge in [-0.1, -0.05) is 0 Å². The highest BCUT2D eigenvalue weighted by molar-refractivity contribution is 5.79. The molecule has 7 nitrogen and oxygen atoms in total. The number of ether oxygens (including phenoxy) is 1. The SMILES string of the molecule is CNc1cc(C)nc([C@@H]2CN(C(=O)Cc3c(C)nn(C)c3C)CCO2)c1. The van der Waals surface area contributed by atoms with E-state index in [1.807, 2.05) is 56.6 Å². The van der Waals surface area contributed by atoms with Crippen LogP contribution in [-0.2, 0) is 23.0 Å². The van der Waals surface area contributed by atoms with Gasteiger partial charge in [0.1, 0.15) is 6.10 Å². The molecule has 2 aromatic heterocycles. The van der Waals surface area contributed by atoms with Crippen molar-refractivity contribution in [1.29, 1.82) is 0 Å². The number of hydrogen-bond donors (Lipinski definition) is 1. The van der Waals surface area contributed by atoms with Crippen LogP contribution in [0.1, 0.15) is 34.4 Å². The molecule has 1 amide bonds. The number of amides is 1. The van der Waals surface area contributed by atoms with Gasteiger partial charge in [0.2, 0.25) is 5.91 Å². The Morgan fingerprint density at radius 1 is 1.35 bits per heavy atom. The fraction of sp³-hybridized carbons (Fsp3) is 0.526. The number of aromatic nitrogens is 3. The van der Waals surface area contributed by atoms with Crippen molar-refractivity contribution in [2.75, 3.05) is 32.1 Å². The molecule has 0 aliphatic carbocycles. The number of hydrogen-bond acceptors (Lipinski definition) is 5. The fourth-order valence-corrected chi connectivity index (χ4v) is 3.39. The largest absolute Gasteiger partial charge is 0.388 e. The third-order valence-electron chi connectivity index (χ3n) is 5.00. The Bertz CT molecular complexity index is 815. The first-order valence-electron chi connectivity index (χ1n) is 8.93.